The highest BCUT2D eigenvalue weighted by Crippen LogP contribution is 2.32. The number of thiazole rings is 1. The quantitative estimate of drug-likeness (QED) is 0.769. The van der Waals surface area contributed by atoms with Gasteiger partial charge in [-0.3, -0.25) is 4.79 Å². The predicted molar refractivity (Wildman–Crippen MR) is 91.1 cm³/mol. The van der Waals surface area contributed by atoms with Crippen molar-refractivity contribution in [2.45, 2.75) is 6.92 Å². The number of carbonyl (C=O) groups is 1. The van der Waals surface area contributed by atoms with Gasteiger partial charge in [-0.05, 0) is 30.5 Å². The van der Waals surface area contributed by atoms with Crippen LogP contribution in [0.3, 0.4) is 0 Å². The number of aromatic nitrogens is 1. The molecule has 4 nitrogen and oxygen atoms in total. The maximum Gasteiger partial charge on any atom is 0.267 e. The van der Waals surface area contributed by atoms with Gasteiger partial charge < -0.3 is 10.1 Å². The van der Waals surface area contributed by atoms with Gasteiger partial charge in [-0.25, -0.2) is 4.98 Å². The Labute approximate surface area is 136 Å². The Morgan fingerprint density at radius 2 is 2.05 bits per heavy atom. The van der Waals surface area contributed by atoms with Crippen LogP contribution in [0.1, 0.15) is 15.4 Å². The molecule has 2 aromatic heterocycles. The minimum Gasteiger partial charge on any atom is -0.495 e. The third-order valence-corrected chi connectivity index (χ3v) is 5.29. The molecule has 0 aliphatic rings. The van der Waals surface area contributed by atoms with Gasteiger partial charge in [0.1, 0.15) is 15.6 Å². The average molecular weight is 330 g/mol. The number of nitrogens with one attached hydrogen (secondary N) is 1. The van der Waals surface area contributed by atoms with E-state index in [1.165, 1.54) is 11.3 Å². The van der Waals surface area contributed by atoms with Crippen molar-refractivity contribution in [1.29, 1.82) is 0 Å². The normalized spacial score (nSPS) is 10.5. The van der Waals surface area contributed by atoms with Gasteiger partial charge in [0.25, 0.3) is 5.91 Å². The van der Waals surface area contributed by atoms with Crippen molar-refractivity contribution in [3.05, 3.63) is 52.3 Å². The number of benzene rings is 1. The van der Waals surface area contributed by atoms with Crippen molar-refractivity contribution < 1.29 is 9.53 Å². The first kappa shape index (κ1) is 14.7. The van der Waals surface area contributed by atoms with Crippen molar-refractivity contribution in [2.75, 3.05) is 12.4 Å². The van der Waals surface area contributed by atoms with E-state index >= 15 is 0 Å². The fraction of sp³-hybridized carbons (Fsp3) is 0.125. The molecule has 2 heterocycles. The predicted octanol–water partition coefficient (Wildman–Crippen LogP) is 4.44. The summed E-state index contributed by atoms with van der Waals surface area (Å²) in [6.07, 6.45) is 0. The van der Waals surface area contributed by atoms with Gasteiger partial charge in [0.2, 0.25) is 0 Å². The summed E-state index contributed by atoms with van der Waals surface area (Å²) in [5.74, 6) is 0.471. The van der Waals surface area contributed by atoms with E-state index in [2.05, 4.69) is 10.3 Å². The Morgan fingerprint density at radius 3 is 2.77 bits per heavy atom. The summed E-state index contributed by atoms with van der Waals surface area (Å²) in [5, 5.41) is 5.76. The van der Waals surface area contributed by atoms with Crippen LogP contribution in [-0.4, -0.2) is 18.0 Å². The largest absolute Gasteiger partial charge is 0.495 e. The molecular weight excluding hydrogens is 316 g/mol. The Morgan fingerprint density at radius 1 is 1.23 bits per heavy atom. The van der Waals surface area contributed by atoms with Gasteiger partial charge in [-0.15, -0.1) is 22.7 Å². The van der Waals surface area contributed by atoms with E-state index in [-0.39, 0.29) is 5.91 Å². The van der Waals surface area contributed by atoms with Crippen molar-refractivity contribution in [3.63, 3.8) is 0 Å². The van der Waals surface area contributed by atoms with Crippen molar-refractivity contribution in [3.8, 4) is 15.6 Å². The second-order valence-electron chi connectivity index (χ2n) is 4.57. The number of hydrogen-bond donors (Lipinski definition) is 1. The lowest BCUT2D eigenvalue weighted by atomic mass is 10.3. The summed E-state index contributed by atoms with van der Waals surface area (Å²) in [6.45, 7) is 1.85. The molecule has 0 saturated heterocycles. The molecule has 1 amide bonds. The molecule has 0 atom stereocenters. The zero-order valence-electron chi connectivity index (χ0n) is 12.1. The molecule has 0 saturated carbocycles. The lowest BCUT2D eigenvalue weighted by Gasteiger charge is -2.08. The van der Waals surface area contributed by atoms with Crippen LogP contribution in [-0.2, 0) is 0 Å². The van der Waals surface area contributed by atoms with E-state index in [9.17, 15) is 4.79 Å². The average Bonchev–Trinajstić information content (AvgIpc) is 3.17. The molecule has 6 heteroatoms. The van der Waals surface area contributed by atoms with Crippen LogP contribution in [0.4, 0.5) is 5.69 Å². The van der Waals surface area contributed by atoms with Crippen LogP contribution in [0.25, 0.3) is 9.88 Å². The number of rotatable bonds is 4. The molecule has 0 radical (unpaired) electrons. The molecule has 0 spiro atoms. The maximum absolute atomic E-state index is 12.5. The molecule has 0 fully saturated rings. The van der Waals surface area contributed by atoms with Gasteiger partial charge in [0.05, 0.1) is 23.4 Å². The Hall–Kier alpha value is -2.18. The standard InChI is InChI=1S/C16H14N2O2S2/c1-10-14(22-16(17-10)13-8-5-9-21-13)15(19)18-11-6-3-4-7-12(11)20-2/h3-9H,1-2H3,(H,18,19). The highest BCUT2D eigenvalue weighted by atomic mass is 32.1. The Bertz CT molecular complexity index is 794. The van der Waals surface area contributed by atoms with E-state index in [4.69, 9.17) is 4.74 Å². The van der Waals surface area contributed by atoms with E-state index in [0.717, 1.165) is 15.6 Å². The van der Waals surface area contributed by atoms with Gasteiger partial charge in [0, 0.05) is 0 Å². The number of para-hydroxylation sites is 2. The number of thiophene rings is 1. The molecule has 1 N–H and O–H groups in total. The fourth-order valence-corrected chi connectivity index (χ4v) is 3.80. The monoisotopic (exact) mass is 330 g/mol. The minimum atomic E-state index is -0.165. The van der Waals surface area contributed by atoms with Crippen LogP contribution in [0.2, 0.25) is 0 Å². The summed E-state index contributed by atoms with van der Waals surface area (Å²) in [5.41, 5.74) is 1.39. The number of aryl methyl sites for hydroxylation is 1. The van der Waals surface area contributed by atoms with E-state index in [1.807, 2.05) is 48.7 Å². The molecule has 3 aromatic rings. The third-order valence-electron chi connectivity index (χ3n) is 3.09. The lowest BCUT2D eigenvalue weighted by molar-refractivity contribution is 0.102. The van der Waals surface area contributed by atoms with Crippen LogP contribution in [0.5, 0.6) is 5.75 Å². The van der Waals surface area contributed by atoms with Gasteiger partial charge in [-0.2, -0.15) is 0 Å². The van der Waals surface area contributed by atoms with Crippen LogP contribution < -0.4 is 10.1 Å². The first-order valence-corrected chi connectivity index (χ1v) is 8.34. The van der Waals surface area contributed by atoms with E-state index in [0.29, 0.717) is 16.3 Å². The topological polar surface area (TPSA) is 51.2 Å². The number of methoxy groups -OCH3 is 1. The number of hydrogen-bond acceptors (Lipinski definition) is 5. The third kappa shape index (κ3) is 2.88. The molecule has 22 heavy (non-hydrogen) atoms. The number of ether oxygens (including phenoxy) is 1. The smallest absolute Gasteiger partial charge is 0.267 e. The number of anilines is 1. The number of carbonyl (C=O) groups excluding carboxylic acids is 1. The first-order valence-electron chi connectivity index (χ1n) is 6.64. The first-order chi connectivity index (χ1) is 10.7. The SMILES string of the molecule is COc1ccccc1NC(=O)c1sc(-c2cccs2)nc1C. The summed E-state index contributed by atoms with van der Waals surface area (Å²) in [4.78, 5) is 18.7. The maximum atomic E-state index is 12.5. The van der Waals surface area contributed by atoms with Crippen molar-refractivity contribution >= 4 is 34.3 Å². The second-order valence-corrected chi connectivity index (χ2v) is 6.51. The Kier molecular flexibility index (Phi) is 4.22. The number of nitrogens with zero attached hydrogens (tertiary/aromatic N) is 1. The zero-order valence-corrected chi connectivity index (χ0v) is 13.8. The summed E-state index contributed by atoms with van der Waals surface area (Å²) in [7, 11) is 1.58. The van der Waals surface area contributed by atoms with Gasteiger partial charge in [-0.1, -0.05) is 18.2 Å². The van der Waals surface area contributed by atoms with Gasteiger partial charge in [0.15, 0.2) is 0 Å². The van der Waals surface area contributed by atoms with Crippen LogP contribution >= 0.6 is 22.7 Å². The summed E-state index contributed by atoms with van der Waals surface area (Å²) < 4.78 is 5.25. The summed E-state index contributed by atoms with van der Waals surface area (Å²) in [6, 6.07) is 11.3. The molecule has 0 bridgehead atoms. The summed E-state index contributed by atoms with van der Waals surface area (Å²) >= 11 is 3.02. The number of amides is 1. The van der Waals surface area contributed by atoms with Crippen LogP contribution in [0, 0.1) is 6.92 Å². The second kappa shape index (κ2) is 6.29. The fourth-order valence-electron chi connectivity index (χ4n) is 2.04. The molecule has 3 rings (SSSR count). The Balaban J connectivity index is 1.87. The molecule has 1 aromatic carbocycles. The molecule has 112 valence electrons. The highest BCUT2D eigenvalue weighted by Gasteiger charge is 2.17. The molecule has 0 unspecified atom stereocenters. The van der Waals surface area contributed by atoms with Crippen molar-refractivity contribution in [1.82, 2.24) is 4.98 Å². The zero-order chi connectivity index (χ0) is 15.5. The van der Waals surface area contributed by atoms with Crippen LogP contribution in [0.15, 0.2) is 41.8 Å². The van der Waals surface area contributed by atoms with Gasteiger partial charge >= 0.3 is 0 Å². The molecular formula is C16H14N2O2S2. The van der Waals surface area contributed by atoms with E-state index in [1.54, 1.807) is 18.4 Å². The minimum absolute atomic E-state index is 0.165. The molecule has 0 aliphatic carbocycles. The molecule has 0 aliphatic heterocycles. The van der Waals surface area contributed by atoms with Crippen molar-refractivity contribution in [2.24, 2.45) is 0 Å². The lowest BCUT2D eigenvalue weighted by Crippen LogP contribution is -2.12. The van der Waals surface area contributed by atoms with E-state index < -0.39 is 0 Å². The highest BCUT2D eigenvalue weighted by molar-refractivity contribution is 7.22.